The highest BCUT2D eigenvalue weighted by molar-refractivity contribution is 5.79. The van der Waals surface area contributed by atoms with Crippen molar-refractivity contribution in [1.82, 2.24) is 4.90 Å². The average molecular weight is 301 g/mol. The largest absolute Gasteiger partial charge is 0.481 e. The van der Waals surface area contributed by atoms with Crippen LogP contribution in [0.2, 0.25) is 0 Å². The van der Waals surface area contributed by atoms with E-state index in [0.717, 1.165) is 25.7 Å². The van der Waals surface area contributed by atoms with E-state index in [0.29, 0.717) is 18.9 Å². The Hall–Kier alpha value is -1.84. The number of aliphatic carboxylic acids is 1. The van der Waals surface area contributed by atoms with E-state index < -0.39 is 11.9 Å². The highest BCUT2D eigenvalue weighted by Gasteiger charge is 2.36. The molecule has 1 N–H and O–H groups in total. The number of carboxylic acids is 1. The molecule has 1 saturated carbocycles. The number of amides is 1. The SMILES string of the molecule is C[C@H](CN(C(=O)C[C@@H]1CCc2ccccc21)C1CC1)C(=O)O. The van der Waals surface area contributed by atoms with Crippen molar-refractivity contribution < 1.29 is 14.7 Å². The van der Waals surface area contributed by atoms with E-state index in [1.54, 1.807) is 6.92 Å². The summed E-state index contributed by atoms with van der Waals surface area (Å²) in [5.74, 6) is -0.910. The zero-order chi connectivity index (χ0) is 15.7. The minimum Gasteiger partial charge on any atom is -0.481 e. The van der Waals surface area contributed by atoms with Gasteiger partial charge in [0.1, 0.15) is 0 Å². The minimum atomic E-state index is -0.829. The summed E-state index contributed by atoms with van der Waals surface area (Å²) in [7, 11) is 0. The topological polar surface area (TPSA) is 57.6 Å². The first-order valence-electron chi connectivity index (χ1n) is 8.16. The number of carboxylic acid groups (broad SMARTS) is 1. The number of hydrogen-bond donors (Lipinski definition) is 1. The number of nitrogens with zero attached hydrogens (tertiary/aromatic N) is 1. The zero-order valence-electron chi connectivity index (χ0n) is 13.0. The fraction of sp³-hybridized carbons (Fsp3) is 0.556. The van der Waals surface area contributed by atoms with Crippen molar-refractivity contribution in [2.24, 2.45) is 5.92 Å². The van der Waals surface area contributed by atoms with Crippen molar-refractivity contribution >= 4 is 11.9 Å². The van der Waals surface area contributed by atoms with Crippen LogP contribution in [0.4, 0.5) is 0 Å². The maximum Gasteiger partial charge on any atom is 0.308 e. The van der Waals surface area contributed by atoms with Crippen molar-refractivity contribution in [3.63, 3.8) is 0 Å². The average Bonchev–Trinajstić information content (AvgIpc) is 3.26. The molecule has 2 aliphatic carbocycles. The fourth-order valence-electron chi connectivity index (χ4n) is 3.40. The maximum absolute atomic E-state index is 12.7. The van der Waals surface area contributed by atoms with E-state index in [2.05, 4.69) is 12.1 Å². The maximum atomic E-state index is 12.7. The Morgan fingerprint density at radius 1 is 1.27 bits per heavy atom. The van der Waals surface area contributed by atoms with Crippen LogP contribution in [0.1, 0.15) is 49.7 Å². The second-order valence-corrected chi connectivity index (χ2v) is 6.66. The Balaban J connectivity index is 1.66. The normalized spacial score (nSPS) is 21.2. The predicted octanol–water partition coefficient (Wildman–Crippen LogP) is 2.82. The van der Waals surface area contributed by atoms with Gasteiger partial charge in [-0.3, -0.25) is 9.59 Å². The number of carbonyl (C=O) groups is 2. The van der Waals surface area contributed by atoms with Gasteiger partial charge in [-0.25, -0.2) is 0 Å². The second-order valence-electron chi connectivity index (χ2n) is 6.66. The molecule has 0 heterocycles. The van der Waals surface area contributed by atoms with Gasteiger partial charge in [-0.15, -0.1) is 0 Å². The third-order valence-corrected chi connectivity index (χ3v) is 4.88. The molecule has 0 aromatic heterocycles. The van der Waals surface area contributed by atoms with Crippen LogP contribution in [0, 0.1) is 5.92 Å². The smallest absolute Gasteiger partial charge is 0.308 e. The van der Waals surface area contributed by atoms with Gasteiger partial charge in [0.15, 0.2) is 0 Å². The van der Waals surface area contributed by atoms with Crippen LogP contribution in [0.5, 0.6) is 0 Å². The summed E-state index contributed by atoms with van der Waals surface area (Å²) in [5.41, 5.74) is 2.66. The molecule has 0 bridgehead atoms. The summed E-state index contributed by atoms with van der Waals surface area (Å²) < 4.78 is 0. The molecule has 1 aromatic rings. The lowest BCUT2D eigenvalue weighted by molar-refractivity contribution is -0.143. The molecule has 22 heavy (non-hydrogen) atoms. The molecule has 0 unspecified atom stereocenters. The van der Waals surface area contributed by atoms with Crippen LogP contribution in [0.3, 0.4) is 0 Å². The number of rotatable bonds is 6. The zero-order valence-corrected chi connectivity index (χ0v) is 13.0. The minimum absolute atomic E-state index is 0.123. The first-order valence-corrected chi connectivity index (χ1v) is 8.16. The molecular weight excluding hydrogens is 278 g/mol. The summed E-state index contributed by atoms with van der Waals surface area (Å²) in [6.45, 7) is 2.02. The Morgan fingerprint density at radius 2 is 2.00 bits per heavy atom. The highest BCUT2D eigenvalue weighted by Crippen LogP contribution is 2.37. The van der Waals surface area contributed by atoms with Gasteiger partial charge in [-0.05, 0) is 42.7 Å². The number of fused-ring (bicyclic) bond motifs is 1. The number of benzene rings is 1. The van der Waals surface area contributed by atoms with Gasteiger partial charge < -0.3 is 10.0 Å². The van der Waals surface area contributed by atoms with E-state index in [4.69, 9.17) is 5.11 Å². The van der Waals surface area contributed by atoms with Crippen LogP contribution in [0.15, 0.2) is 24.3 Å². The van der Waals surface area contributed by atoms with Crippen LogP contribution in [-0.4, -0.2) is 34.5 Å². The van der Waals surface area contributed by atoms with Crippen molar-refractivity contribution in [3.05, 3.63) is 35.4 Å². The van der Waals surface area contributed by atoms with Gasteiger partial charge in [-0.1, -0.05) is 31.2 Å². The van der Waals surface area contributed by atoms with E-state index in [-0.39, 0.29) is 11.9 Å². The van der Waals surface area contributed by atoms with Gasteiger partial charge in [0.25, 0.3) is 0 Å². The Kier molecular flexibility index (Phi) is 4.19. The number of hydrogen-bond acceptors (Lipinski definition) is 2. The van der Waals surface area contributed by atoms with Crippen LogP contribution >= 0.6 is 0 Å². The lowest BCUT2D eigenvalue weighted by atomic mass is 9.97. The van der Waals surface area contributed by atoms with Crippen molar-refractivity contribution in [1.29, 1.82) is 0 Å². The molecule has 3 rings (SSSR count). The molecule has 2 aliphatic rings. The molecule has 0 saturated heterocycles. The van der Waals surface area contributed by atoms with Crippen molar-refractivity contribution in [2.45, 2.75) is 51.0 Å². The van der Waals surface area contributed by atoms with E-state index in [1.807, 2.05) is 17.0 Å². The quantitative estimate of drug-likeness (QED) is 0.879. The second kappa shape index (κ2) is 6.11. The summed E-state index contributed by atoms with van der Waals surface area (Å²) in [6.07, 6.45) is 4.61. The summed E-state index contributed by atoms with van der Waals surface area (Å²) in [6, 6.07) is 8.62. The first kappa shape index (κ1) is 15.1. The van der Waals surface area contributed by atoms with Gasteiger partial charge in [0, 0.05) is 19.0 Å². The Morgan fingerprint density at radius 3 is 2.68 bits per heavy atom. The Labute approximate surface area is 131 Å². The highest BCUT2D eigenvalue weighted by atomic mass is 16.4. The Bertz CT molecular complexity index is 579. The molecule has 4 nitrogen and oxygen atoms in total. The monoisotopic (exact) mass is 301 g/mol. The molecule has 1 amide bonds. The number of carbonyl (C=O) groups excluding carboxylic acids is 1. The molecule has 2 atom stereocenters. The van der Waals surface area contributed by atoms with E-state index >= 15 is 0 Å². The van der Waals surface area contributed by atoms with Crippen molar-refractivity contribution in [3.8, 4) is 0 Å². The van der Waals surface area contributed by atoms with Gasteiger partial charge in [0.05, 0.1) is 5.92 Å². The van der Waals surface area contributed by atoms with Crippen molar-refractivity contribution in [2.75, 3.05) is 6.54 Å². The van der Waals surface area contributed by atoms with Gasteiger partial charge >= 0.3 is 5.97 Å². The fourth-order valence-corrected chi connectivity index (χ4v) is 3.40. The van der Waals surface area contributed by atoms with Gasteiger partial charge in [0.2, 0.25) is 5.91 Å². The summed E-state index contributed by atoms with van der Waals surface area (Å²) in [5, 5.41) is 9.09. The lowest BCUT2D eigenvalue weighted by Crippen LogP contribution is -2.39. The molecule has 1 fully saturated rings. The third-order valence-electron chi connectivity index (χ3n) is 4.88. The summed E-state index contributed by atoms with van der Waals surface area (Å²) >= 11 is 0. The number of aryl methyl sites for hydroxylation is 1. The third kappa shape index (κ3) is 3.16. The van der Waals surface area contributed by atoms with Crippen LogP contribution in [-0.2, 0) is 16.0 Å². The predicted molar refractivity (Wildman–Crippen MR) is 83.7 cm³/mol. The molecule has 0 spiro atoms. The van der Waals surface area contributed by atoms with Crippen LogP contribution < -0.4 is 0 Å². The van der Waals surface area contributed by atoms with E-state index in [9.17, 15) is 9.59 Å². The summed E-state index contributed by atoms with van der Waals surface area (Å²) in [4.78, 5) is 25.6. The first-order chi connectivity index (χ1) is 10.6. The molecule has 118 valence electrons. The molecule has 4 heteroatoms. The molecule has 0 aliphatic heterocycles. The standard InChI is InChI=1S/C18H23NO3/c1-12(18(21)22)11-19(15-8-9-15)17(20)10-14-7-6-13-4-2-3-5-16(13)14/h2-5,12,14-15H,6-11H2,1H3,(H,21,22)/t12-,14+/m1/s1. The van der Waals surface area contributed by atoms with Gasteiger partial charge in [-0.2, -0.15) is 0 Å². The lowest BCUT2D eigenvalue weighted by Gasteiger charge is -2.26. The molecule has 1 aromatic carbocycles. The van der Waals surface area contributed by atoms with Crippen LogP contribution in [0.25, 0.3) is 0 Å². The molecule has 0 radical (unpaired) electrons. The van der Waals surface area contributed by atoms with E-state index in [1.165, 1.54) is 11.1 Å². The molecular formula is C18H23NO3.